The molecular formula is C25H28N2O4. The summed E-state index contributed by atoms with van der Waals surface area (Å²) in [7, 11) is 0. The SMILES string of the molecule is CCOc1ccc(N2C(=O)c3ccccc3[C@@H](C=NCCCOCC3CC3)C2=O)cc1. The summed E-state index contributed by atoms with van der Waals surface area (Å²) in [5.74, 6) is 0.258. The van der Waals surface area contributed by atoms with Crippen molar-refractivity contribution in [1.29, 1.82) is 0 Å². The Balaban J connectivity index is 1.48. The molecule has 31 heavy (non-hydrogen) atoms. The molecular weight excluding hydrogens is 392 g/mol. The minimum Gasteiger partial charge on any atom is -0.494 e. The molecule has 0 saturated heterocycles. The zero-order chi connectivity index (χ0) is 21.6. The van der Waals surface area contributed by atoms with Crippen molar-refractivity contribution in [2.75, 3.05) is 31.3 Å². The molecule has 2 amide bonds. The van der Waals surface area contributed by atoms with Crippen molar-refractivity contribution in [3.05, 3.63) is 59.7 Å². The van der Waals surface area contributed by atoms with Gasteiger partial charge in [-0.3, -0.25) is 14.6 Å². The number of carbonyl (C=O) groups is 2. The first-order chi connectivity index (χ1) is 15.2. The van der Waals surface area contributed by atoms with Crippen LogP contribution in [0.4, 0.5) is 5.69 Å². The Morgan fingerprint density at radius 1 is 1.10 bits per heavy atom. The highest BCUT2D eigenvalue weighted by atomic mass is 16.5. The van der Waals surface area contributed by atoms with E-state index < -0.39 is 5.92 Å². The highest BCUT2D eigenvalue weighted by Crippen LogP contribution is 2.32. The Hall–Kier alpha value is -2.99. The molecule has 1 saturated carbocycles. The maximum atomic E-state index is 13.3. The highest BCUT2D eigenvalue weighted by molar-refractivity contribution is 6.29. The number of ether oxygens (including phenoxy) is 2. The molecule has 0 radical (unpaired) electrons. The van der Waals surface area contributed by atoms with Gasteiger partial charge in [-0.25, -0.2) is 4.90 Å². The van der Waals surface area contributed by atoms with E-state index in [1.54, 1.807) is 36.5 Å². The Morgan fingerprint density at radius 2 is 1.87 bits per heavy atom. The zero-order valence-electron chi connectivity index (χ0n) is 17.8. The third kappa shape index (κ3) is 5.02. The van der Waals surface area contributed by atoms with Gasteiger partial charge >= 0.3 is 0 Å². The molecule has 0 unspecified atom stereocenters. The van der Waals surface area contributed by atoms with Crippen LogP contribution in [0.1, 0.15) is 48.0 Å². The lowest BCUT2D eigenvalue weighted by Crippen LogP contribution is -2.45. The molecule has 6 heteroatoms. The van der Waals surface area contributed by atoms with Crippen LogP contribution in [0.15, 0.2) is 53.5 Å². The molecule has 2 aliphatic rings. The molecule has 1 aliphatic heterocycles. The van der Waals surface area contributed by atoms with Gasteiger partial charge in [0, 0.05) is 31.5 Å². The summed E-state index contributed by atoms with van der Waals surface area (Å²) in [6.45, 7) is 4.58. The van der Waals surface area contributed by atoms with Gasteiger partial charge in [-0.15, -0.1) is 0 Å². The Labute approximate surface area is 182 Å². The third-order valence-corrected chi connectivity index (χ3v) is 5.50. The molecule has 162 valence electrons. The van der Waals surface area contributed by atoms with Gasteiger partial charge in [0.15, 0.2) is 0 Å². The monoisotopic (exact) mass is 420 g/mol. The average molecular weight is 421 g/mol. The number of carbonyl (C=O) groups excluding carboxylic acids is 2. The van der Waals surface area contributed by atoms with Crippen LogP contribution in [-0.2, 0) is 9.53 Å². The van der Waals surface area contributed by atoms with Gasteiger partial charge in [0.25, 0.3) is 5.91 Å². The quantitative estimate of drug-likeness (QED) is 0.327. The lowest BCUT2D eigenvalue weighted by Gasteiger charge is -2.31. The molecule has 1 aliphatic carbocycles. The normalized spacial score (nSPS) is 18.5. The van der Waals surface area contributed by atoms with E-state index in [1.807, 2.05) is 25.1 Å². The summed E-state index contributed by atoms with van der Waals surface area (Å²) in [4.78, 5) is 32.1. The van der Waals surface area contributed by atoms with E-state index in [4.69, 9.17) is 9.47 Å². The van der Waals surface area contributed by atoms with Crippen molar-refractivity contribution in [3.8, 4) is 5.75 Å². The molecule has 0 aromatic heterocycles. The molecule has 0 spiro atoms. The van der Waals surface area contributed by atoms with E-state index in [1.165, 1.54) is 17.7 Å². The first-order valence-corrected chi connectivity index (χ1v) is 11.0. The van der Waals surface area contributed by atoms with E-state index in [9.17, 15) is 9.59 Å². The lowest BCUT2D eigenvalue weighted by molar-refractivity contribution is -0.118. The molecule has 0 bridgehead atoms. The summed E-state index contributed by atoms with van der Waals surface area (Å²) in [6, 6.07) is 14.3. The van der Waals surface area contributed by atoms with E-state index >= 15 is 0 Å². The summed E-state index contributed by atoms with van der Waals surface area (Å²) in [6.07, 6.45) is 5.05. The highest BCUT2D eigenvalue weighted by Gasteiger charge is 2.38. The summed E-state index contributed by atoms with van der Waals surface area (Å²) in [5.41, 5.74) is 1.76. The van der Waals surface area contributed by atoms with Gasteiger partial charge in [-0.1, -0.05) is 18.2 Å². The largest absolute Gasteiger partial charge is 0.494 e. The predicted octanol–water partition coefficient (Wildman–Crippen LogP) is 4.24. The third-order valence-electron chi connectivity index (χ3n) is 5.50. The van der Waals surface area contributed by atoms with Crippen molar-refractivity contribution in [2.45, 2.75) is 32.1 Å². The minimum absolute atomic E-state index is 0.290. The molecule has 1 atom stereocenters. The summed E-state index contributed by atoms with van der Waals surface area (Å²) >= 11 is 0. The fraction of sp³-hybridized carbons (Fsp3) is 0.400. The van der Waals surface area contributed by atoms with Crippen LogP contribution in [-0.4, -0.2) is 44.4 Å². The number of imide groups is 1. The zero-order valence-corrected chi connectivity index (χ0v) is 17.8. The standard InChI is InChI=1S/C25H28N2O4/c1-2-31-20-12-10-19(11-13-20)27-24(28)22-7-4-3-6-21(22)23(25(27)29)16-26-14-5-15-30-17-18-8-9-18/h3-4,6-7,10-13,16,18,23H,2,5,8-9,14-15,17H2,1H3/t23-/m1/s1. The Morgan fingerprint density at radius 3 is 2.61 bits per heavy atom. The second-order valence-electron chi connectivity index (χ2n) is 7.90. The van der Waals surface area contributed by atoms with Gasteiger partial charge in [0.1, 0.15) is 5.75 Å². The van der Waals surface area contributed by atoms with Gasteiger partial charge in [0.05, 0.1) is 18.2 Å². The van der Waals surface area contributed by atoms with Crippen LogP contribution < -0.4 is 9.64 Å². The maximum absolute atomic E-state index is 13.3. The van der Waals surface area contributed by atoms with Crippen LogP contribution in [0.3, 0.4) is 0 Å². The average Bonchev–Trinajstić information content (AvgIpc) is 3.61. The summed E-state index contributed by atoms with van der Waals surface area (Å²) < 4.78 is 11.1. The second-order valence-corrected chi connectivity index (χ2v) is 7.90. The van der Waals surface area contributed by atoms with E-state index in [0.717, 1.165) is 18.9 Å². The van der Waals surface area contributed by atoms with E-state index in [0.29, 0.717) is 42.3 Å². The van der Waals surface area contributed by atoms with E-state index in [-0.39, 0.29) is 11.8 Å². The van der Waals surface area contributed by atoms with Crippen molar-refractivity contribution in [3.63, 3.8) is 0 Å². The number of hydrogen-bond donors (Lipinski definition) is 0. The van der Waals surface area contributed by atoms with Gasteiger partial charge in [-0.2, -0.15) is 0 Å². The van der Waals surface area contributed by atoms with Gasteiger partial charge < -0.3 is 9.47 Å². The van der Waals surface area contributed by atoms with Crippen molar-refractivity contribution in [1.82, 2.24) is 0 Å². The summed E-state index contributed by atoms with van der Waals surface area (Å²) in [5, 5.41) is 0. The van der Waals surface area contributed by atoms with Crippen molar-refractivity contribution < 1.29 is 19.1 Å². The number of fused-ring (bicyclic) bond motifs is 1. The molecule has 1 fully saturated rings. The predicted molar refractivity (Wildman–Crippen MR) is 120 cm³/mol. The van der Waals surface area contributed by atoms with Crippen LogP contribution in [0.2, 0.25) is 0 Å². The maximum Gasteiger partial charge on any atom is 0.265 e. The Bertz CT molecular complexity index is 950. The number of amides is 2. The van der Waals surface area contributed by atoms with Gasteiger partial charge in [-0.05, 0) is 68.0 Å². The topological polar surface area (TPSA) is 68.2 Å². The molecule has 6 nitrogen and oxygen atoms in total. The number of aliphatic imine (C=N–C) groups is 1. The van der Waals surface area contributed by atoms with E-state index in [2.05, 4.69) is 4.99 Å². The number of hydrogen-bond acceptors (Lipinski definition) is 5. The molecule has 2 aromatic carbocycles. The van der Waals surface area contributed by atoms with Crippen LogP contribution in [0.25, 0.3) is 0 Å². The number of anilines is 1. The lowest BCUT2D eigenvalue weighted by atomic mass is 9.89. The molecule has 0 N–H and O–H groups in total. The van der Waals surface area contributed by atoms with Crippen LogP contribution in [0, 0.1) is 5.92 Å². The number of rotatable bonds is 10. The number of nitrogens with zero attached hydrogens (tertiary/aromatic N) is 2. The molecule has 1 heterocycles. The number of benzene rings is 2. The molecule has 2 aromatic rings. The van der Waals surface area contributed by atoms with Crippen LogP contribution in [0.5, 0.6) is 5.75 Å². The fourth-order valence-corrected chi connectivity index (χ4v) is 3.67. The van der Waals surface area contributed by atoms with Crippen molar-refractivity contribution in [2.24, 2.45) is 10.9 Å². The smallest absolute Gasteiger partial charge is 0.265 e. The fourth-order valence-electron chi connectivity index (χ4n) is 3.67. The van der Waals surface area contributed by atoms with Crippen molar-refractivity contribution >= 4 is 23.7 Å². The minimum atomic E-state index is -0.590. The van der Waals surface area contributed by atoms with Gasteiger partial charge in [0.2, 0.25) is 5.91 Å². The first-order valence-electron chi connectivity index (χ1n) is 11.0. The molecule has 4 rings (SSSR count). The first kappa shape index (κ1) is 21.2. The Kier molecular flexibility index (Phi) is 6.77. The second kappa shape index (κ2) is 9.88. The van der Waals surface area contributed by atoms with Crippen LogP contribution >= 0.6 is 0 Å².